The molecular weight excluding hydrogens is 299 g/mol. The van der Waals surface area contributed by atoms with E-state index in [2.05, 4.69) is 5.32 Å². The van der Waals surface area contributed by atoms with Gasteiger partial charge in [-0.1, -0.05) is 37.0 Å². The summed E-state index contributed by atoms with van der Waals surface area (Å²) in [5.41, 5.74) is 6.01. The average Bonchev–Trinajstić information content (AvgIpc) is 2.46. The van der Waals surface area contributed by atoms with E-state index in [0.717, 1.165) is 12.8 Å². The number of carbonyl (C=O) groups excluding carboxylic acids is 1. The quantitative estimate of drug-likeness (QED) is 0.705. The van der Waals surface area contributed by atoms with Crippen molar-refractivity contribution in [1.82, 2.24) is 5.32 Å². The summed E-state index contributed by atoms with van der Waals surface area (Å²) in [7, 11) is 0. The predicted molar refractivity (Wildman–Crippen MR) is 83.3 cm³/mol. The lowest BCUT2D eigenvalue weighted by Crippen LogP contribution is -2.39. The number of nitrogens with one attached hydrogen (secondary N) is 1. The summed E-state index contributed by atoms with van der Waals surface area (Å²) in [6.07, 6.45) is 1.56. The van der Waals surface area contributed by atoms with Crippen molar-refractivity contribution in [2.24, 2.45) is 5.41 Å². The Kier molecular flexibility index (Phi) is 6.11. The largest absolute Gasteiger partial charge is 0.397 e. The third kappa shape index (κ3) is 3.78. The molecule has 0 aliphatic carbocycles. The summed E-state index contributed by atoms with van der Waals surface area (Å²) >= 11 is 11.8. The zero-order valence-corrected chi connectivity index (χ0v) is 13.2. The number of halogens is 2. The van der Waals surface area contributed by atoms with Gasteiger partial charge in [0, 0.05) is 17.5 Å². The van der Waals surface area contributed by atoms with Crippen molar-refractivity contribution in [3.8, 4) is 0 Å². The minimum Gasteiger partial charge on any atom is -0.397 e. The summed E-state index contributed by atoms with van der Waals surface area (Å²) in [6.45, 7) is 4.41. The van der Waals surface area contributed by atoms with Crippen LogP contribution in [0.5, 0.6) is 0 Å². The highest BCUT2D eigenvalue weighted by molar-refractivity contribution is 6.43. The first kappa shape index (κ1) is 17.1. The Hall–Kier alpha value is -0.970. The minimum atomic E-state index is -0.294. The number of aliphatic hydroxyl groups is 1. The molecule has 0 fully saturated rings. The first-order chi connectivity index (χ1) is 9.39. The van der Waals surface area contributed by atoms with Gasteiger partial charge in [0.05, 0.1) is 22.3 Å². The van der Waals surface area contributed by atoms with Crippen LogP contribution in [0, 0.1) is 5.41 Å². The first-order valence-corrected chi connectivity index (χ1v) is 7.28. The number of hydrogen-bond donors (Lipinski definition) is 3. The van der Waals surface area contributed by atoms with Gasteiger partial charge in [-0.3, -0.25) is 4.79 Å². The second kappa shape index (κ2) is 7.16. The fourth-order valence-corrected chi connectivity index (χ4v) is 2.23. The van der Waals surface area contributed by atoms with Gasteiger partial charge in [-0.2, -0.15) is 0 Å². The molecule has 4 N–H and O–H groups in total. The molecule has 0 bridgehead atoms. The fraction of sp³-hybridized carbons (Fsp3) is 0.500. The molecule has 1 amide bonds. The van der Waals surface area contributed by atoms with Gasteiger partial charge in [0.1, 0.15) is 0 Å². The lowest BCUT2D eigenvalue weighted by atomic mass is 9.83. The normalized spacial score (nSPS) is 11.4. The van der Waals surface area contributed by atoms with Crippen LogP contribution in [0.15, 0.2) is 12.1 Å². The van der Waals surface area contributed by atoms with Crippen LogP contribution in [-0.2, 0) is 0 Å². The maximum absolute atomic E-state index is 12.1. The number of anilines is 1. The molecule has 0 spiro atoms. The topological polar surface area (TPSA) is 75.3 Å². The maximum Gasteiger partial charge on any atom is 0.251 e. The van der Waals surface area contributed by atoms with Crippen LogP contribution in [0.4, 0.5) is 5.69 Å². The number of benzene rings is 1. The van der Waals surface area contributed by atoms with Crippen molar-refractivity contribution in [3.05, 3.63) is 27.7 Å². The minimum absolute atomic E-state index is 0.0315. The van der Waals surface area contributed by atoms with Gasteiger partial charge < -0.3 is 16.2 Å². The Labute approximate surface area is 129 Å². The molecule has 6 heteroatoms. The predicted octanol–water partition coefficient (Wildman–Crippen LogP) is 3.10. The molecule has 0 aromatic heterocycles. The van der Waals surface area contributed by atoms with E-state index in [1.165, 1.54) is 12.1 Å². The molecule has 0 aliphatic rings. The van der Waals surface area contributed by atoms with Gasteiger partial charge in [0.2, 0.25) is 0 Å². The summed E-state index contributed by atoms with van der Waals surface area (Å²) < 4.78 is 0. The number of rotatable bonds is 6. The van der Waals surface area contributed by atoms with Crippen LogP contribution in [0.3, 0.4) is 0 Å². The van der Waals surface area contributed by atoms with Crippen LogP contribution >= 0.6 is 23.2 Å². The Balaban J connectivity index is 2.82. The van der Waals surface area contributed by atoms with E-state index in [9.17, 15) is 9.90 Å². The Morgan fingerprint density at radius 3 is 2.40 bits per heavy atom. The van der Waals surface area contributed by atoms with E-state index < -0.39 is 0 Å². The monoisotopic (exact) mass is 318 g/mol. The van der Waals surface area contributed by atoms with E-state index in [1.807, 2.05) is 13.8 Å². The number of nitrogen functional groups attached to an aromatic ring is 1. The highest BCUT2D eigenvalue weighted by atomic mass is 35.5. The lowest BCUT2D eigenvalue weighted by molar-refractivity contribution is 0.0851. The number of nitrogens with two attached hydrogens (primary N) is 1. The van der Waals surface area contributed by atoms with Crippen molar-refractivity contribution in [3.63, 3.8) is 0 Å². The lowest BCUT2D eigenvalue weighted by Gasteiger charge is -2.29. The molecule has 0 saturated heterocycles. The number of aliphatic hydroxyl groups excluding tert-OH is 1. The third-order valence-electron chi connectivity index (χ3n) is 3.78. The molecule has 1 aromatic carbocycles. The van der Waals surface area contributed by atoms with Crippen LogP contribution in [0.25, 0.3) is 0 Å². The number of hydrogen-bond acceptors (Lipinski definition) is 3. The maximum atomic E-state index is 12.1. The summed E-state index contributed by atoms with van der Waals surface area (Å²) in [5, 5.41) is 12.8. The summed E-state index contributed by atoms with van der Waals surface area (Å²) in [5.74, 6) is -0.282. The Morgan fingerprint density at radius 1 is 1.35 bits per heavy atom. The van der Waals surface area contributed by atoms with E-state index in [0.29, 0.717) is 12.1 Å². The summed E-state index contributed by atoms with van der Waals surface area (Å²) in [6, 6.07) is 2.97. The molecule has 0 unspecified atom stereocenters. The van der Waals surface area contributed by atoms with E-state index in [1.54, 1.807) is 0 Å². The SMILES string of the molecule is CCC(CC)(CO)CNC(=O)c1cc(N)c(Cl)c(Cl)c1. The van der Waals surface area contributed by atoms with Gasteiger partial charge in [-0.15, -0.1) is 0 Å². The van der Waals surface area contributed by atoms with Crippen molar-refractivity contribution in [1.29, 1.82) is 0 Å². The highest BCUT2D eigenvalue weighted by Gasteiger charge is 2.26. The van der Waals surface area contributed by atoms with Crippen LogP contribution in [-0.4, -0.2) is 24.2 Å². The molecule has 0 atom stereocenters. The molecule has 1 rings (SSSR count). The molecule has 0 saturated carbocycles. The van der Waals surface area contributed by atoms with Crippen molar-refractivity contribution in [2.75, 3.05) is 18.9 Å². The first-order valence-electron chi connectivity index (χ1n) is 6.52. The zero-order chi connectivity index (χ0) is 15.3. The van der Waals surface area contributed by atoms with E-state index >= 15 is 0 Å². The molecule has 112 valence electrons. The Bertz CT molecular complexity index is 457. The Morgan fingerprint density at radius 2 is 1.95 bits per heavy atom. The molecule has 1 aromatic rings. The average molecular weight is 319 g/mol. The second-order valence-electron chi connectivity index (χ2n) is 4.91. The highest BCUT2D eigenvalue weighted by Crippen LogP contribution is 2.29. The van der Waals surface area contributed by atoms with Crippen molar-refractivity contribution < 1.29 is 9.90 Å². The molecule has 0 heterocycles. The molecule has 4 nitrogen and oxygen atoms in total. The van der Waals surface area contributed by atoms with Gasteiger partial charge in [0.15, 0.2) is 0 Å². The standard InChI is InChI=1S/C14H20Cl2N2O2/c1-3-14(4-2,8-19)7-18-13(20)9-5-10(15)12(16)11(17)6-9/h5-6,19H,3-4,7-8,17H2,1-2H3,(H,18,20). The zero-order valence-electron chi connectivity index (χ0n) is 11.7. The van der Waals surface area contributed by atoms with Crippen LogP contribution in [0.2, 0.25) is 10.0 Å². The van der Waals surface area contributed by atoms with Crippen molar-refractivity contribution >= 4 is 34.8 Å². The molecule has 0 radical (unpaired) electrons. The second-order valence-corrected chi connectivity index (χ2v) is 5.69. The number of amides is 1. The molecule has 0 aliphatic heterocycles. The molecular formula is C14H20Cl2N2O2. The smallest absolute Gasteiger partial charge is 0.251 e. The fourth-order valence-electron chi connectivity index (χ4n) is 1.89. The van der Waals surface area contributed by atoms with Crippen LogP contribution < -0.4 is 11.1 Å². The van der Waals surface area contributed by atoms with Crippen molar-refractivity contribution in [2.45, 2.75) is 26.7 Å². The van der Waals surface area contributed by atoms with Gasteiger partial charge in [-0.05, 0) is 25.0 Å². The van der Waals surface area contributed by atoms with Gasteiger partial charge in [-0.25, -0.2) is 0 Å². The third-order valence-corrected chi connectivity index (χ3v) is 4.59. The summed E-state index contributed by atoms with van der Waals surface area (Å²) in [4.78, 5) is 12.1. The molecule has 20 heavy (non-hydrogen) atoms. The van der Waals surface area contributed by atoms with E-state index in [-0.39, 0.29) is 33.7 Å². The van der Waals surface area contributed by atoms with E-state index in [4.69, 9.17) is 28.9 Å². The number of carbonyl (C=O) groups is 1. The van der Waals surface area contributed by atoms with Crippen LogP contribution in [0.1, 0.15) is 37.0 Å². The van der Waals surface area contributed by atoms with Gasteiger partial charge in [0.25, 0.3) is 5.91 Å². The van der Waals surface area contributed by atoms with Gasteiger partial charge >= 0.3 is 0 Å².